The average Bonchev–Trinajstić information content (AvgIpc) is 2.28. The summed E-state index contributed by atoms with van der Waals surface area (Å²) in [5.41, 5.74) is 1.76. The summed E-state index contributed by atoms with van der Waals surface area (Å²) in [6.45, 7) is 9.64. The molecule has 5 nitrogen and oxygen atoms in total. The summed E-state index contributed by atoms with van der Waals surface area (Å²) < 4.78 is 0. The second-order valence-electron chi connectivity index (χ2n) is 4.80. The third kappa shape index (κ3) is 4.07. The van der Waals surface area contributed by atoms with E-state index in [0.717, 1.165) is 11.4 Å². The second kappa shape index (κ2) is 6.44. The van der Waals surface area contributed by atoms with Crippen molar-refractivity contribution in [2.24, 2.45) is 0 Å². The van der Waals surface area contributed by atoms with E-state index in [1.54, 1.807) is 12.4 Å². The smallest absolute Gasteiger partial charge is 0.237 e. The van der Waals surface area contributed by atoms with Crippen LogP contribution in [0.15, 0.2) is 12.4 Å². The Morgan fingerprint density at radius 1 is 1.17 bits per heavy atom. The summed E-state index contributed by atoms with van der Waals surface area (Å²) >= 11 is 0. The molecule has 18 heavy (non-hydrogen) atoms. The molecule has 100 valence electrons. The molecule has 2 atom stereocenters. The lowest BCUT2D eigenvalue weighted by molar-refractivity contribution is -0.123. The highest BCUT2D eigenvalue weighted by atomic mass is 16.2. The van der Waals surface area contributed by atoms with Crippen LogP contribution in [0.2, 0.25) is 0 Å². The Labute approximate surface area is 108 Å². The standard InChI is InChI=1S/C13H22N4O/c1-8(2)16-13(18)11(5)17-10(4)12-9(3)14-6-7-15-12/h6-8,10-11,17H,1-5H3,(H,16,18). The first-order chi connectivity index (χ1) is 8.41. The molecule has 0 bridgehead atoms. The zero-order valence-electron chi connectivity index (χ0n) is 11.7. The van der Waals surface area contributed by atoms with Gasteiger partial charge in [-0.2, -0.15) is 0 Å². The lowest BCUT2D eigenvalue weighted by Crippen LogP contribution is -2.45. The van der Waals surface area contributed by atoms with Crippen LogP contribution in [0.5, 0.6) is 0 Å². The molecular formula is C13H22N4O. The molecule has 2 unspecified atom stereocenters. The van der Waals surface area contributed by atoms with Crippen molar-refractivity contribution in [3.8, 4) is 0 Å². The number of aryl methyl sites for hydroxylation is 1. The maximum atomic E-state index is 11.8. The highest BCUT2D eigenvalue weighted by Crippen LogP contribution is 2.12. The van der Waals surface area contributed by atoms with Crippen molar-refractivity contribution in [1.82, 2.24) is 20.6 Å². The number of nitrogens with zero attached hydrogens (tertiary/aromatic N) is 2. The van der Waals surface area contributed by atoms with Crippen molar-refractivity contribution in [2.45, 2.75) is 52.7 Å². The number of amides is 1. The van der Waals surface area contributed by atoms with Crippen molar-refractivity contribution < 1.29 is 4.79 Å². The third-order valence-corrected chi connectivity index (χ3v) is 2.65. The van der Waals surface area contributed by atoms with Crippen LogP contribution in [-0.2, 0) is 4.79 Å². The number of carbonyl (C=O) groups is 1. The van der Waals surface area contributed by atoms with Gasteiger partial charge in [0, 0.05) is 24.5 Å². The van der Waals surface area contributed by atoms with Crippen LogP contribution in [-0.4, -0.2) is 28.0 Å². The van der Waals surface area contributed by atoms with Crippen LogP contribution >= 0.6 is 0 Å². The van der Waals surface area contributed by atoms with Gasteiger partial charge < -0.3 is 5.32 Å². The molecule has 0 aliphatic carbocycles. The van der Waals surface area contributed by atoms with Crippen LogP contribution in [0.3, 0.4) is 0 Å². The van der Waals surface area contributed by atoms with Crippen molar-refractivity contribution in [3.63, 3.8) is 0 Å². The van der Waals surface area contributed by atoms with Gasteiger partial charge in [-0.05, 0) is 34.6 Å². The summed E-state index contributed by atoms with van der Waals surface area (Å²) in [6.07, 6.45) is 3.33. The fraction of sp³-hybridized carbons (Fsp3) is 0.615. The molecule has 5 heteroatoms. The van der Waals surface area contributed by atoms with Gasteiger partial charge in [0.05, 0.1) is 17.4 Å². The summed E-state index contributed by atoms with van der Waals surface area (Å²) in [4.78, 5) is 20.3. The van der Waals surface area contributed by atoms with Crippen LogP contribution in [0.1, 0.15) is 45.1 Å². The molecule has 0 fully saturated rings. The molecule has 0 saturated carbocycles. The first-order valence-corrected chi connectivity index (χ1v) is 6.25. The van der Waals surface area contributed by atoms with E-state index in [-0.39, 0.29) is 24.0 Å². The van der Waals surface area contributed by atoms with Gasteiger partial charge >= 0.3 is 0 Å². The average molecular weight is 250 g/mol. The summed E-state index contributed by atoms with van der Waals surface area (Å²) in [5, 5.41) is 6.10. The van der Waals surface area contributed by atoms with Crippen LogP contribution in [0.4, 0.5) is 0 Å². The normalized spacial score (nSPS) is 14.3. The largest absolute Gasteiger partial charge is 0.353 e. The monoisotopic (exact) mass is 250 g/mol. The van der Waals surface area contributed by atoms with Crippen LogP contribution in [0.25, 0.3) is 0 Å². The van der Waals surface area contributed by atoms with Gasteiger partial charge in [-0.25, -0.2) is 0 Å². The molecule has 1 rings (SSSR count). The van der Waals surface area contributed by atoms with Gasteiger partial charge in [0.2, 0.25) is 5.91 Å². The van der Waals surface area contributed by atoms with E-state index >= 15 is 0 Å². The van der Waals surface area contributed by atoms with E-state index in [1.165, 1.54) is 0 Å². The third-order valence-electron chi connectivity index (χ3n) is 2.65. The Morgan fingerprint density at radius 3 is 2.33 bits per heavy atom. The highest BCUT2D eigenvalue weighted by molar-refractivity contribution is 5.81. The maximum absolute atomic E-state index is 11.8. The van der Waals surface area contributed by atoms with Crippen molar-refractivity contribution in [2.75, 3.05) is 0 Å². The molecule has 1 aromatic rings. The van der Waals surface area contributed by atoms with Gasteiger partial charge in [-0.1, -0.05) is 0 Å². The fourth-order valence-electron chi connectivity index (χ4n) is 1.78. The molecule has 0 aliphatic heterocycles. The first-order valence-electron chi connectivity index (χ1n) is 6.25. The minimum atomic E-state index is -0.260. The Morgan fingerprint density at radius 2 is 1.78 bits per heavy atom. The minimum Gasteiger partial charge on any atom is -0.353 e. The van der Waals surface area contributed by atoms with Gasteiger partial charge in [0.1, 0.15) is 0 Å². The van der Waals surface area contributed by atoms with Gasteiger partial charge in [-0.15, -0.1) is 0 Å². The van der Waals surface area contributed by atoms with E-state index in [4.69, 9.17) is 0 Å². The fourth-order valence-corrected chi connectivity index (χ4v) is 1.78. The van der Waals surface area contributed by atoms with E-state index < -0.39 is 0 Å². The number of carbonyl (C=O) groups excluding carboxylic acids is 1. The predicted octanol–water partition coefficient (Wildman–Crippen LogP) is 1.35. The number of aromatic nitrogens is 2. The first kappa shape index (κ1) is 14.6. The lowest BCUT2D eigenvalue weighted by Gasteiger charge is -2.21. The Kier molecular flexibility index (Phi) is 5.22. The van der Waals surface area contributed by atoms with Crippen molar-refractivity contribution in [1.29, 1.82) is 0 Å². The predicted molar refractivity (Wildman–Crippen MR) is 71.1 cm³/mol. The summed E-state index contributed by atoms with van der Waals surface area (Å²) in [7, 11) is 0. The quantitative estimate of drug-likeness (QED) is 0.828. The molecule has 0 aromatic carbocycles. The second-order valence-corrected chi connectivity index (χ2v) is 4.80. The van der Waals surface area contributed by atoms with E-state index in [2.05, 4.69) is 20.6 Å². The number of hydrogen-bond acceptors (Lipinski definition) is 4. The Hall–Kier alpha value is -1.49. The van der Waals surface area contributed by atoms with Gasteiger partial charge in [0.25, 0.3) is 0 Å². The summed E-state index contributed by atoms with van der Waals surface area (Å²) in [5.74, 6) is -0.00149. The Bertz CT molecular complexity index is 406. The topological polar surface area (TPSA) is 66.9 Å². The SMILES string of the molecule is Cc1nccnc1C(C)NC(C)C(=O)NC(C)C. The molecule has 1 heterocycles. The minimum absolute atomic E-state index is 0.00149. The summed E-state index contributed by atoms with van der Waals surface area (Å²) in [6, 6.07) is -0.120. The van der Waals surface area contributed by atoms with E-state index in [9.17, 15) is 4.79 Å². The van der Waals surface area contributed by atoms with Crippen molar-refractivity contribution >= 4 is 5.91 Å². The molecule has 0 radical (unpaired) electrons. The molecule has 0 aliphatic rings. The van der Waals surface area contributed by atoms with Gasteiger partial charge in [0.15, 0.2) is 0 Å². The van der Waals surface area contributed by atoms with E-state index in [1.807, 2.05) is 34.6 Å². The molecule has 1 amide bonds. The molecule has 1 aromatic heterocycles. The molecule has 0 spiro atoms. The lowest BCUT2D eigenvalue weighted by atomic mass is 10.1. The van der Waals surface area contributed by atoms with E-state index in [0.29, 0.717) is 0 Å². The number of rotatable bonds is 5. The zero-order valence-corrected chi connectivity index (χ0v) is 11.7. The number of nitrogens with one attached hydrogen (secondary N) is 2. The molecule has 2 N–H and O–H groups in total. The van der Waals surface area contributed by atoms with Crippen LogP contribution < -0.4 is 10.6 Å². The maximum Gasteiger partial charge on any atom is 0.237 e. The van der Waals surface area contributed by atoms with Gasteiger partial charge in [-0.3, -0.25) is 20.1 Å². The highest BCUT2D eigenvalue weighted by Gasteiger charge is 2.18. The molecular weight excluding hydrogens is 228 g/mol. The number of hydrogen-bond donors (Lipinski definition) is 2. The van der Waals surface area contributed by atoms with Crippen molar-refractivity contribution in [3.05, 3.63) is 23.8 Å². The Balaban J connectivity index is 2.62. The zero-order chi connectivity index (χ0) is 13.7. The van der Waals surface area contributed by atoms with Crippen LogP contribution in [0, 0.1) is 6.92 Å². The molecule has 0 saturated heterocycles.